The van der Waals surface area contributed by atoms with Crippen molar-refractivity contribution in [1.29, 1.82) is 0 Å². The normalized spacial score (nSPS) is 26.1. The second kappa shape index (κ2) is 3.84. The number of aliphatic hydroxyl groups excluding tert-OH is 1. The highest BCUT2D eigenvalue weighted by atomic mass is 32.1. The molecule has 0 aromatic carbocycles. The van der Waals surface area contributed by atoms with Crippen molar-refractivity contribution in [2.75, 3.05) is 7.11 Å². The second-order valence-corrected chi connectivity index (χ2v) is 3.98. The quantitative estimate of drug-likeness (QED) is 0.747. The number of imidazole rings is 1. The third-order valence-corrected chi connectivity index (χ3v) is 3.14. The Morgan fingerprint density at radius 1 is 1.71 bits per heavy atom. The van der Waals surface area contributed by atoms with Crippen LogP contribution in [0.3, 0.4) is 0 Å². The largest absolute Gasteiger partial charge is 0.390 e. The zero-order valence-corrected chi connectivity index (χ0v) is 8.88. The molecular formula is C9H14N2O2S. The predicted molar refractivity (Wildman–Crippen MR) is 54.6 cm³/mol. The van der Waals surface area contributed by atoms with Crippen LogP contribution in [0.5, 0.6) is 0 Å². The van der Waals surface area contributed by atoms with Crippen LogP contribution in [0.25, 0.3) is 0 Å². The van der Waals surface area contributed by atoms with Crippen molar-refractivity contribution in [2.45, 2.75) is 31.6 Å². The minimum absolute atomic E-state index is 0.0291. The Morgan fingerprint density at radius 3 is 3.00 bits per heavy atom. The van der Waals surface area contributed by atoms with Gasteiger partial charge >= 0.3 is 0 Å². The van der Waals surface area contributed by atoms with Gasteiger partial charge in [0.1, 0.15) is 0 Å². The lowest BCUT2D eigenvalue weighted by Gasteiger charge is -2.35. The fourth-order valence-corrected chi connectivity index (χ4v) is 2.20. The van der Waals surface area contributed by atoms with Crippen LogP contribution in [0.2, 0.25) is 0 Å². The lowest BCUT2D eigenvalue weighted by atomic mass is 9.89. The van der Waals surface area contributed by atoms with Gasteiger partial charge in [-0.3, -0.25) is 0 Å². The number of H-pyrrole nitrogens is 1. The molecule has 0 atom stereocenters. The number of nitrogens with zero attached hydrogens (tertiary/aromatic N) is 1. The van der Waals surface area contributed by atoms with Gasteiger partial charge in [-0.15, -0.1) is 0 Å². The maximum Gasteiger partial charge on any atom is 0.177 e. The Kier molecular flexibility index (Phi) is 2.71. The van der Waals surface area contributed by atoms with Gasteiger partial charge in [-0.1, -0.05) is 0 Å². The molecule has 0 amide bonds. The van der Waals surface area contributed by atoms with Crippen molar-refractivity contribution in [2.24, 2.45) is 0 Å². The van der Waals surface area contributed by atoms with E-state index < -0.39 is 0 Å². The van der Waals surface area contributed by atoms with Crippen LogP contribution in [0.1, 0.15) is 24.6 Å². The highest BCUT2D eigenvalue weighted by molar-refractivity contribution is 7.71. The minimum Gasteiger partial charge on any atom is -0.390 e. The van der Waals surface area contributed by atoms with Crippen molar-refractivity contribution in [1.82, 2.24) is 9.55 Å². The molecule has 1 saturated carbocycles. The Hall–Kier alpha value is -0.650. The van der Waals surface area contributed by atoms with Crippen molar-refractivity contribution in [3.63, 3.8) is 0 Å². The first kappa shape index (κ1) is 9.89. The van der Waals surface area contributed by atoms with Crippen LogP contribution in [-0.2, 0) is 11.3 Å². The van der Waals surface area contributed by atoms with E-state index in [9.17, 15) is 0 Å². The maximum atomic E-state index is 9.10. The molecule has 0 radical (unpaired) electrons. The number of aliphatic hydroxyl groups is 1. The summed E-state index contributed by atoms with van der Waals surface area (Å²) in [5.41, 5.74) is 0.856. The molecule has 0 bridgehead atoms. The van der Waals surface area contributed by atoms with Gasteiger partial charge in [-0.05, 0) is 25.1 Å². The van der Waals surface area contributed by atoms with Gasteiger partial charge in [-0.2, -0.15) is 0 Å². The molecule has 1 aliphatic carbocycles. The molecule has 0 saturated heterocycles. The Labute approximate surface area is 87.5 Å². The van der Waals surface area contributed by atoms with Crippen LogP contribution in [-0.4, -0.2) is 27.9 Å². The van der Waals surface area contributed by atoms with Gasteiger partial charge in [0.25, 0.3) is 0 Å². The first-order valence-corrected chi connectivity index (χ1v) is 5.09. The molecule has 5 heteroatoms. The van der Waals surface area contributed by atoms with Gasteiger partial charge in [-0.25, -0.2) is 0 Å². The Morgan fingerprint density at radius 2 is 2.43 bits per heavy atom. The molecule has 0 aliphatic heterocycles. The van der Waals surface area contributed by atoms with E-state index >= 15 is 0 Å². The van der Waals surface area contributed by atoms with E-state index in [1.54, 1.807) is 13.3 Å². The molecule has 2 rings (SSSR count). The molecule has 0 spiro atoms. The highest BCUT2D eigenvalue weighted by Gasteiger charge is 2.31. The number of rotatable bonds is 3. The number of aromatic amines is 1. The highest BCUT2D eigenvalue weighted by Crippen LogP contribution is 2.35. The smallest absolute Gasteiger partial charge is 0.177 e. The Bertz CT molecular complexity index is 365. The molecule has 1 heterocycles. The van der Waals surface area contributed by atoms with Crippen LogP contribution >= 0.6 is 12.2 Å². The maximum absolute atomic E-state index is 9.10. The van der Waals surface area contributed by atoms with Crippen molar-refractivity contribution in [3.8, 4) is 0 Å². The van der Waals surface area contributed by atoms with Gasteiger partial charge in [0.15, 0.2) is 4.77 Å². The average Bonchev–Trinajstić information content (AvgIpc) is 2.47. The summed E-state index contributed by atoms with van der Waals surface area (Å²) < 4.78 is 7.89. The molecule has 1 fully saturated rings. The van der Waals surface area contributed by atoms with Gasteiger partial charge in [0.05, 0.1) is 18.4 Å². The van der Waals surface area contributed by atoms with Crippen LogP contribution in [0.15, 0.2) is 6.20 Å². The number of hydrogen-bond donors (Lipinski definition) is 2. The summed E-state index contributed by atoms with van der Waals surface area (Å²) in [6.07, 6.45) is 4.08. The summed E-state index contributed by atoms with van der Waals surface area (Å²) in [5, 5.41) is 9.10. The van der Waals surface area contributed by atoms with Gasteiger partial charge in [0.2, 0.25) is 0 Å². The summed E-state index contributed by atoms with van der Waals surface area (Å²) in [6, 6.07) is 0.390. The first-order valence-electron chi connectivity index (χ1n) is 4.68. The van der Waals surface area contributed by atoms with E-state index in [4.69, 9.17) is 22.1 Å². The van der Waals surface area contributed by atoms with E-state index in [0.29, 0.717) is 16.9 Å². The average molecular weight is 214 g/mol. The van der Waals surface area contributed by atoms with Gasteiger partial charge < -0.3 is 19.4 Å². The zero-order chi connectivity index (χ0) is 10.1. The standard InChI is InChI=1S/C9H14N2O2S/c1-13-8-2-6(3-8)11-7(5-12)4-10-9(11)14/h4,6,8,12H,2-3,5H2,1H3,(H,10,14). The molecule has 78 valence electrons. The van der Waals surface area contributed by atoms with E-state index in [0.717, 1.165) is 18.5 Å². The summed E-state index contributed by atoms with van der Waals surface area (Å²) in [7, 11) is 1.73. The van der Waals surface area contributed by atoms with E-state index in [2.05, 4.69) is 4.98 Å². The molecule has 1 aliphatic rings. The van der Waals surface area contributed by atoms with Gasteiger partial charge in [0, 0.05) is 19.3 Å². The van der Waals surface area contributed by atoms with Crippen LogP contribution < -0.4 is 0 Å². The third kappa shape index (κ3) is 1.51. The van der Waals surface area contributed by atoms with Crippen LogP contribution in [0.4, 0.5) is 0 Å². The fourth-order valence-electron chi connectivity index (χ4n) is 1.88. The number of ether oxygens (including phenoxy) is 1. The summed E-state index contributed by atoms with van der Waals surface area (Å²) in [5.74, 6) is 0. The summed E-state index contributed by atoms with van der Waals surface area (Å²) in [6.45, 7) is 0.0291. The number of aromatic nitrogens is 2. The number of methoxy groups -OCH3 is 1. The molecule has 1 aromatic heterocycles. The second-order valence-electron chi connectivity index (χ2n) is 3.60. The lowest BCUT2D eigenvalue weighted by Crippen LogP contribution is -2.33. The number of nitrogens with one attached hydrogen (secondary N) is 1. The molecular weight excluding hydrogens is 200 g/mol. The Balaban J connectivity index is 2.17. The lowest BCUT2D eigenvalue weighted by molar-refractivity contribution is 0.00418. The molecule has 0 unspecified atom stereocenters. The molecule has 2 N–H and O–H groups in total. The predicted octanol–water partition coefficient (Wildman–Crippen LogP) is 1.39. The van der Waals surface area contributed by atoms with Crippen molar-refractivity contribution < 1.29 is 9.84 Å². The summed E-state index contributed by atoms with van der Waals surface area (Å²) >= 11 is 5.15. The van der Waals surface area contributed by atoms with Crippen molar-refractivity contribution in [3.05, 3.63) is 16.7 Å². The number of hydrogen-bond acceptors (Lipinski definition) is 3. The third-order valence-electron chi connectivity index (χ3n) is 2.82. The monoisotopic (exact) mass is 214 g/mol. The van der Waals surface area contributed by atoms with Crippen molar-refractivity contribution >= 4 is 12.2 Å². The minimum atomic E-state index is 0.0291. The fraction of sp³-hybridized carbons (Fsp3) is 0.667. The van der Waals surface area contributed by atoms with E-state index in [-0.39, 0.29) is 6.61 Å². The zero-order valence-electron chi connectivity index (χ0n) is 8.06. The molecule has 4 nitrogen and oxygen atoms in total. The SMILES string of the molecule is COC1CC(n2c(CO)c[nH]c2=S)C1. The van der Waals surface area contributed by atoms with E-state index in [1.807, 2.05) is 4.57 Å². The topological polar surface area (TPSA) is 50.2 Å². The van der Waals surface area contributed by atoms with Crippen LogP contribution in [0, 0.1) is 4.77 Å². The first-order chi connectivity index (χ1) is 6.76. The van der Waals surface area contributed by atoms with E-state index in [1.165, 1.54) is 0 Å². The summed E-state index contributed by atoms with van der Waals surface area (Å²) in [4.78, 5) is 2.95. The molecule has 1 aromatic rings. The molecule has 14 heavy (non-hydrogen) atoms.